The van der Waals surface area contributed by atoms with Gasteiger partial charge in [-0.25, -0.2) is 4.98 Å². The van der Waals surface area contributed by atoms with E-state index in [0.717, 1.165) is 31.5 Å². The molecule has 2 heterocycles. The Morgan fingerprint density at radius 2 is 2.00 bits per heavy atom. The summed E-state index contributed by atoms with van der Waals surface area (Å²) in [7, 11) is 0. The van der Waals surface area contributed by atoms with Crippen molar-refractivity contribution in [1.82, 2.24) is 20.2 Å². The standard InChI is InChI=1S/C17H18N4O2/c22-16(15-12-18-6-7-19-15)20-11-13-4-3-5-14(10-13)17(23)21-8-1-2-9-21/h3-7,10,12H,1-2,8-9,11H2,(H,20,22). The van der Waals surface area contributed by atoms with E-state index in [1.807, 2.05) is 29.2 Å². The number of aromatic nitrogens is 2. The van der Waals surface area contributed by atoms with Crippen molar-refractivity contribution in [2.75, 3.05) is 13.1 Å². The molecule has 0 saturated carbocycles. The molecule has 1 saturated heterocycles. The Morgan fingerprint density at radius 3 is 2.74 bits per heavy atom. The SMILES string of the molecule is O=C(NCc1cccc(C(=O)N2CCCC2)c1)c1cnccn1. The largest absolute Gasteiger partial charge is 0.347 e. The van der Waals surface area contributed by atoms with E-state index in [9.17, 15) is 9.59 Å². The van der Waals surface area contributed by atoms with Crippen LogP contribution in [0.25, 0.3) is 0 Å². The lowest BCUT2D eigenvalue weighted by atomic mass is 10.1. The van der Waals surface area contributed by atoms with Gasteiger partial charge in [-0.3, -0.25) is 14.6 Å². The quantitative estimate of drug-likeness (QED) is 0.931. The fraction of sp³-hybridized carbons (Fsp3) is 0.294. The molecule has 3 rings (SSSR count). The summed E-state index contributed by atoms with van der Waals surface area (Å²) >= 11 is 0. The molecule has 6 nitrogen and oxygen atoms in total. The molecule has 2 aromatic rings. The number of hydrogen-bond donors (Lipinski definition) is 1. The first-order chi connectivity index (χ1) is 11.2. The third kappa shape index (κ3) is 3.71. The van der Waals surface area contributed by atoms with E-state index in [1.54, 1.807) is 0 Å². The van der Waals surface area contributed by atoms with Crippen LogP contribution in [0.4, 0.5) is 0 Å². The van der Waals surface area contributed by atoms with Gasteiger partial charge >= 0.3 is 0 Å². The second kappa shape index (κ2) is 7.00. The molecule has 0 aliphatic carbocycles. The van der Waals surface area contributed by atoms with Gasteiger partial charge in [-0.1, -0.05) is 12.1 Å². The Kier molecular flexibility index (Phi) is 4.61. The molecule has 1 fully saturated rings. The van der Waals surface area contributed by atoms with E-state index >= 15 is 0 Å². The zero-order valence-electron chi connectivity index (χ0n) is 12.7. The van der Waals surface area contributed by atoms with Crippen LogP contribution in [0.2, 0.25) is 0 Å². The van der Waals surface area contributed by atoms with Gasteiger partial charge in [0.05, 0.1) is 6.20 Å². The van der Waals surface area contributed by atoms with Gasteiger partial charge in [0, 0.05) is 37.6 Å². The Labute approximate surface area is 134 Å². The fourth-order valence-electron chi connectivity index (χ4n) is 2.61. The van der Waals surface area contributed by atoms with Crippen LogP contribution in [-0.4, -0.2) is 39.8 Å². The Bertz CT molecular complexity index is 697. The molecule has 0 atom stereocenters. The van der Waals surface area contributed by atoms with Crippen molar-refractivity contribution in [3.63, 3.8) is 0 Å². The topological polar surface area (TPSA) is 75.2 Å². The van der Waals surface area contributed by atoms with Gasteiger partial charge in [-0.05, 0) is 30.5 Å². The molecule has 1 N–H and O–H groups in total. The van der Waals surface area contributed by atoms with Crippen molar-refractivity contribution >= 4 is 11.8 Å². The monoisotopic (exact) mass is 310 g/mol. The first-order valence-electron chi connectivity index (χ1n) is 7.66. The summed E-state index contributed by atoms with van der Waals surface area (Å²) in [5.41, 5.74) is 1.82. The highest BCUT2D eigenvalue weighted by atomic mass is 16.2. The van der Waals surface area contributed by atoms with Crippen LogP contribution >= 0.6 is 0 Å². The molecular formula is C17H18N4O2. The van der Waals surface area contributed by atoms with Crippen molar-refractivity contribution in [2.24, 2.45) is 0 Å². The maximum Gasteiger partial charge on any atom is 0.271 e. The Balaban J connectivity index is 1.63. The highest BCUT2D eigenvalue weighted by Gasteiger charge is 2.19. The highest BCUT2D eigenvalue weighted by Crippen LogP contribution is 2.14. The first-order valence-corrected chi connectivity index (χ1v) is 7.66. The van der Waals surface area contributed by atoms with E-state index in [1.165, 1.54) is 18.6 Å². The van der Waals surface area contributed by atoms with Crippen molar-refractivity contribution in [1.29, 1.82) is 0 Å². The summed E-state index contributed by atoms with van der Waals surface area (Å²) < 4.78 is 0. The predicted octanol–water partition coefficient (Wildman–Crippen LogP) is 1.64. The number of carbonyl (C=O) groups excluding carboxylic acids is 2. The Hall–Kier alpha value is -2.76. The van der Waals surface area contributed by atoms with Crippen LogP contribution in [0.15, 0.2) is 42.9 Å². The number of hydrogen-bond acceptors (Lipinski definition) is 4. The van der Waals surface area contributed by atoms with Gasteiger partial charge in [0.2, 0.25) is 0 Å². The van der Waals surface area contributed by atoms with Crippen molar-refractivity contribution in [2.45, 2.75) is 19.4 Å². The summed E-state index contributed by atoms with van der Waals surface area (Å²) in [5, 5.41) is 2.78. The number of carbonyl (C=O) groups is 2. The van der Waals surface area contributed by atoms with Crippen molar-refractivity contribution in [3.05, 3.63) is 59.7 Å². The lowest BCUT2D eigenvalue weighted by Gasteiger charge is -2.15. The maximum atomic E-state index is 12.4. The minimum Gasteiger partial charge on any atom is -0.347 e. The van der Waals surface area contributed by atoms with E-state index in [-0.39, 0.29) is 17.5 Å². The third-order valence-electron chi connectivity index (χ3n) is 3.82. The molecule has 0 bridgehead atoms. The number of nitrogens with one attached hydrogen (secondary N) is 1. The van der Waals surface area contributed by atoms with Gasteiger partial charge in [0.15, 0.2) is 0 Å². The molecule has 0 spiro atoms. The van der Waals surface area contributed by atoms with Gasteiger partial charge in [0.1, 0.15) is 5.69 Å². The van der Waals surface area contributed by atoms with Crippen molar-refractivity contribution in [3.8, 4) is 0 Å². The normalized spacial score (nSPS) is 13.8. The molecule has 1 aliphatic heterocycles. The van der Waals surface area contributed by atoms with Crippen LogP contribution < -0.4 is 5.32 Å². The van der Waals surface area contributed by atoms with Crippen LogP contribution in [0.1, 0.15) is 39.3 Å². The van der Waals surface area contributed by atoms with E-state index in [4.69, 9.17) is 0 Å². The molecule has 1 aliphatic rings. The molecule has 118 valence electrons. The summed E-state index contributed by atoms with van der Waals surface area (Å²) in [5.74, 6) is -0.223. The van der Waals surface area contributed by atoms with E-state index in [2.05, 4.69) is 15.3 Å². The van der Waals surface area contributed by atoms with Crippen molar-refractivity contribution < 1.29 is 9.59 Å². The zero-order chi connectivity index (χ0) is 16.1. The summed E-state index contributed by atoms with van der Waals surface area (Å²) in [4.78, 5) is 34.0. The fourth-order valence-corrected chi connectivity index (χ4v) is 2.61. The smallest absolute Gasteiger partial charge is 0.271 e. The number of nitrogens with zero attached hydrogens (tertiary/aromatic N) is 3. The second-order valence-corrected chi connectivity index (χ2v) is 5.47. The summed E-state index contributed by atoms with van der Waals surface area (Å²) in [6.07, 6.45) is 6.55. The summed E-state index contributed by atoms with van der Waals surface area (Å²) in [6, 6.07) is 7.37. The number of likely N-dealkylation sites (tertiary alicyclic amines) is 1. The Morgan fingerprint density at radius 1 is 1.17 bits per heavy atom. The summed E-state index contributed by atoms with van der Waals surface area (Å²) in [6.45, 7) is 2.00. The number of amides is 2. The highest BCUT2D eigenvalue weighted by molar-refractivity contribution is 5.94. The average Bonchev–Trinajstić information content (AvgIpc) is 3.14. The van der Waals surface area contributed by atoms with Gasteiger partial charge < -0.3 is 10.2 Å². The lowest BCUT2D eigenvalue weighted by Crippen LogP contribution is -2.28. The second-order valence-electron chi connectivity index (χ2n) is 5.47. The van der Waals surface area contributed by atoms with Crippen LogP contribution in [0, 0.1) is 0 Å². The van der Waals surface area contributed by atoms with Crippen LogP contribution in [0.5, 0.6) is 0 Å². The minimum atomic E-state index is -0.283. The number of rotatable bonds is 4. The number of benzene rings is 1. The molecule has 6 heteroatoms. The van der Waals surface area contributed by atoms with Gasteiger partial charge in [-0.2, -0.15) is 0 Å². The maximum absolute atomic E-state index is 12.4. The van der Waals surface area contributed by atoms with Crippen LogP contribution in [0.3, 0.4) is 0 Å². The molecular weight excluding hydrogens is 292 g/mol. The molecule has 23 heavy (non-hydrogen) atoms. The van der Waals surface area contributed by atoms with E-state index < -0.39 is 0 Å². The zero-order valence-corrected chi connectivity index (χ0v) is 12.7. The van der Waals surface area contributed by atoms with Crippen LogP contribution in [-0.2, 0) is 6.54 Å². The lowest BCUT2D eigenvalue weighted by molar-refractivity contribution is 0.0792. The first kappa shape index (κ1) is 15.1. The molecule has 0 unspecified atom stereocenters. The molecule has 1 aromatic heterocycles. The van der Waals surface area contributed by atoms with Gasteiger partial charge in [0.25, 0.3) is 11.8 Å². The van der Waals surface area contributed by atoms with E-state index in [0.29, 0.717) is 12.1 Å². The third-order valence-corrected chi connectivity index (χ3v) is 3.82. The predicted molar refractivity (Wildman–Crippen MR) is 84.8 cm³/mol. The molecule has 0 radical (unpaired) electrons. The minimum absolute atomic E-state index is 0.0598. The molecule has 2 amide bonds. The molecule has 1 aromatic carbocycles. The van der Waals surface area contributed by atoms with Gasteiger partial charge in [-0.15, -0.1) is 0 Å². The average molecular weight is 310 g/mol.